The van der Waals surface area contributed by atoms with Gasteiger partial charge in [0.05, 0.1) is 25.7 Å². The van der Waals surface area contributed by atoms with Gasteiger partial charge in [-0.2, -0.15) is 0 Å². The number of sulfone groups is 1. The van der Waals surface area contributed by atoms with Crippen LogP contribution in [-0.2, 0) is 14.6 Å². The molecule has 0 radical (unpaired) electrons. The first kappa shape index (κ1) is 19.7. The molecule has 0 unspecified atom stereocenters. The maximum atomic E-state index is 12.5. The molecule has 1 amide bonds. The van der Waals surface area contributed by atoms with E-state index in [0.717, 1.165) is 5.56 Å². The molecule has 0 saturated carbocycles. The van der Waals surface area contributed by atoms with Crippen LogP contribution < -0.4 is 9.47 Å². The number of amides is 1. The molecule has 1 atom stereocenters. The average Bonchev–Trinajstić information content (AvgIpc) is 3.05. The molecule has 27 heavy (non-hydrogen) atoms. The Hall–Kier alpha value is -2.06. The topological polar surface area (TPSA) is 76.2 Å². The Morgan fingerprint density at radius 1 is 1.15 bits per heavy atom. The summed E-state index contributed by atoms with van der Waals surface area (Å²) < 4.78 is 34.0. The van der Waals surface area contributed by atoms with Gasteiger partial charge in [-0.1, -0.05) is 12.1 Å². The Bertz CT molecular complexity index is 813. The summed E-state index contributed by atoms with van der Waals surface area (Å²) in [5, 5.41) is 0. The molecule has 2 aliphatic heterocycles. The Labute approximate surface area is 160 Å². The smallest absolute Gasteiger partial charge is 0.246 e. The van der Waals surface area contributed by atoms with Crippen LogP contribution in [0.25, 0.3) is 6.08 Å². The number of carbonyl (C=O) groups excluding carboxylic acids is 1. The third-order valence-corrected chi connectivity index (χ3v) is 6.94. The van der Waals surface area contributed by atoms with E-state index >= 15 is 0 Å². The van der Waals surface area contributed by atoms with Crippen molar-refractivity contribution in [1.82, 2.24) is 9.80 Å². The van der Waals surface area contributed by atoms with Crippen LogP contribution in [0.3, 0.4) is 0 Å². The molecule has 2 aliphatic rings. The lowest BCUT2D eigenvalue weighted by molar-refractivity contribution is -0.127. The zero-order valence-electron chi connectivity index (χ0n) is 15.8. The van der Waals surface area contributed by atoms with E-state index in [9.17, 15) is 13.2 Å². The zero-order chi connectivity index (χ0) is 19.4. The summed E-state index contributed by atoms with van der Waals surface area (Å²) in [4.78, 5) is 16.5. The normalized spacial score (nSPS) is 22.9. The fraction of sp³-hybridized carbons (Fsp3) is 0.526. The molecule has 2 fully saturated rings. The van der Waals surface area contributed by atoms with Gasteiger partial charge in [-0.25, -0.2) is 8.42 Å². The summed E-state index contributed by atoms with van der Waals surface area (Å²) >= 11 is 0. The van der Waals surface area contributed by atoms with Crippen molar-refractivity contribution in [1.29, 1.82) is 0 Å². The molecule has 0 bridgehead atoms. The summed E-state index contributed by atoms with van der Waals surface area (Å²) in [6, 6.07) is 5.62. The fourth-order valence-electron chi connectivity index (χ4n) is 3.68. The number of nitrogens with zero attached hydrogens (tertiary/aromatic N) is 2. The van der Waals surface area contributed by atoms with E-state index in [1.807, 2.05) is 12.1 Å². The van der Waals surface area contributed by atoms with Crippen molar-refractivity contribution in [3.63, 3.8) is 0 Å². The quantitative estimate of drug-likeness (QED) is 0.695. The van der Waals surface area contributed by atoms with Crippen LogP contribution in [0.2, 0.25) is 0 Å². The Kier molecular flexibility index (Phi) is 6.06. The van der Waals surface area contributed by atoms with Crippen LogP contribution in [-0.4, -0.2) is 82.1 Å². The number of hydrogen-bond acceptors (Lipinski definition) is 6. The summed E-state index contributed by atoms with van der Waals surface area (Å²) in [5.41, 5.74) is 0.778. The van der Waals surface area contributed by atoms with Gasteiger partial charge in [-0.05, 0) is 18.6 Å². The summed E-state index contributed by atoms with van der Waals surface area (Å²) in [5.74, 6) is 1.68. The molecule has 1 aromatic rings. The second-order valence-electron chi connectivity index (χ2n) is 6.83. The highest BCUT2D eigenvalue weighted by molar-refractivity contribution is 7.91. The Morgan fingerprint density at radius 2 is 1.89 bits per heavy atom. The fourth-order valence-corrected chi connectivity index (χ4v) is 5.44. The van der Waals surface area contributed by atoms with Crippen molar-refractivity contribution in [3.05, 3.63) is 29.8 Å². The lowest BCUT2D eigenvalue weighted by Crippen LogP contribution is -2.52. The lowest BCUT2D eigenvalue weighted by Gasteiger charge is -2.37. The highest BCUT2D eigenvalue weighted by Crippen LogP contribution is 2.31. The Balaban J connectivity index is 1.58. The molecule has 3 rings (SSSR count). The van der Waals surface area contributed by atoms with E-state index in [1.54, 1.807) is 37.3 Å². The predicted molar refractivity (Wildman–Crippen MR) is 104 cm³/mol. The molecular weight excluding hydrogens is 368 g/mol. The molecule has 2 saturated heterocycles. The number of hydrogen-bond donors (Lipinski definition) is 0. The van der Waals surface area contributed by atoms with E-state index in [4.69, 9.17) is 9.47 Å². The number of rotatable bonds is 5. The number of para-hydroxylation sites is 1. The monoisotopic (exact) mass is 394 g/mol. The molecule has 8 heteroatoms. The number of benzene rings is 1. The van der Waals surface area contributed by atoms with Gasteiger partial charge in [-0.15, -0.1) is 0 Å². The van der Waals surface area contributed by atoms with Gasteiger partial charge in [0.25, 0.3) is 0 Å². The van der Waals surface area contributed by atoms with Crippen LogP contribution in [0.5, 0.6) is 11.5 Å². The lowest BCUT2D eigenvalue weighted by atomic mass is 10.1. The van der Waals surface area contributed by atoms with Crippen molar-refractivity contribution < 1.29 is 22.7 Å². The van der Waals surface area contributed by atoms with Crippen LogP contribution >= 0.6 is 0 Å². The standard InChI is InChI=1S/C19H26N2O5S/c1-25-17-5-3-4-15(19(17)26-2)6-7-18(22)21-11-9-20(10-12-21)16-8-13-27(23,24)14-16/h3-7,16H,8-14H2,1-2H3/b7-6+/t16-/m0/s1. The van der Waals surface area contributed by atoms with E-state index in [-0.39, 0.29) is 23.5 Å². The Morgan fingerprint density at radius 3 is 2.48 bits per heavy atom. The minimum atomic E-state index is -2.88. The van der Waals surface area contributed by atoms with Gasteiger partial charge in [0.15, 0.2) is 21.3 Å². The van der Waals surface area contributed by atoms with E-state index < -0.39 is 9.84 Å². The van der Waals surface area contributed by atoms with Gasteiger partial charge in [-0.3, -0.25) is 9.69 Å². The van der Waals surface area contributed by atoms with Crippen molar-refractivity contribution in [2.75, 3.05) is 51.9 Å². The van der Waals surface area contributed by atoms with Crippen molar-refractivity contribution in [3.8, 4) is 11.5 Å². The summed E-state index contributed by atoms with van der Waals surface area (Å²) in [7, 11) is 0.262. The first-order chi connectivity index (χ1) is 12.9. The molecule has 2 heterocycles. The molecule has 0 spiro atoms. The number of carbonyl (C=O) groups is 1. The first-order valence-corrected chi connectivity index (χ1v) is 10.9. The van der Waals surface area contributed by atoms with Crippen molar-refractivity contribution in [2.24, 2.45) is 0 Å². The highest BCUT2D eigenvalue weighted by atomic mass is 32.2. The molecule has 1 aromatic carbocycles. The van der Waals surface area contributed by atoms with E-state index in [1.165, 1.54) is 0 Å². The van der Waals surface area contributed by atoms with Gasteiger partial charge in [0.2, 0.25) is 5.91 Å². The minimum Gasteiger partial charge on any atom is -0.493 e. The van der Waals surface area contributed by atoms with E-state index in [0.29, 0.717) is 44.1 Å². The van der Waals surface area contributed by atoms with Crippen molar-refractivity contribution in [2.45, 2.75) is 12.5 Å². The summed E-state index contributed by atoms with van der Waals surface area (Å²) in [6.45, 7) is 2.63. The van der Waals surface area contributed by atoms with Crippen LogP contribution in [0, 0.1) is 0 Å². The molecule has 0 N–H and O–H groups in total. The van der Waals surface area contributed by atoms with Crippen LogP contribution in [0.15, 0.2) is 24.3 Å². The highest BCUT2D eigenvalue weighted by Gasteiger charge is 2.34. The van der Waals surface area contributed by atoms with Gasteiger partial charge in [0.1, 0.15) is 0 Å². The second kappa shape index (κ2) is 8.31. The molecule has 0 aliphatic carbocycles. The number of ether oxygens (including phenoxy) is 2. The molecule has 7 nitrogen and oxygen atoms in total. The predicted octanol–water partition coefficient (Wildman–Crippen LogP) is 1.05. The van der Waals surface area contributed by atoms with E-state index in [2.05, 4.69) is 4.90 Å². The first-order valence-electron chi connectivity index (χ1n) is 9.06. The minimum absolute atomic E-state index is 0.0569. The number of piperazine rings is 1. The summed E-state index contributed by atoms with van der Waals surface area (Å²) in [6.07, 6.45) is 3.98. The van der Waals surface area contributed by atoms with Gasteiger partial charge < -0.3 is 14.4 Å². The third kappa shape index (κ3) is 4.62. The maximum Gasteiger partial charge on any atom is 0.246 e. The van der Waals surface area contributed by atoms with Crippen LogP contribution in [0.1, 0.15) is 12.0 Å². The zero-order valence-corrected chi connectivity index (χ0v) is 16.6. The third-order valence-electron chi connectivity index (χ3n) is 5.19. The number of methoxy groups -OCH3 is 2. The molecule has 0 aromatic heterocycles. The van der Waals surface area contributed by atoms with Crippen molar-refractivity contribution >= 4 is 21.8 Å². The SMILES string of the molecule is COc1cccc(/C=C/C(=O)N2CCN([C@H]3CCS(=O)(=O)C3)CC2)c1OC. The van der Waals surface area contributed by atoms with Crippen LogP contribution in [0.4, 0.5) is 0 Å². The van der Waals surface area contributed by atoms with Gasteiger partial charge >= 0.3 is 0 Å². The maximum absolute atomic E-state index is 12.5. The average molecular weight is 394 g/mol. The molecular formula is C19H26N2O5S. The second-order valence-corrected chi connectivity index (χ2v) is 9.06. The van der Waals surface area contributed by atoms with Gasteiger partial charge in [0, 0.05) is 43.9 Å². The molecule has 148 valence electrons. The largest absolute Gasteiger partial charge is 0.493 e.